The van der Waals surface area contributed by atoms with E-state index in [1.165, 1.54) is 0 Å². The number of benzene rings is 2. The fourth-order valence-corrected chi connectivity index (χ4v) is 3.39. The van der Waals surface area contributed by atoms with Crippen LogP contribution in [0.25, 0.3) is 0 Å². The van der Waals surface area contributed by atoms with Gasteiger partial charge in [0, 0.05) is 12.7 Å². The van der Waals surface area contributed by atoms with Gasteiger partial charge in [0.25, 0.3) is 11.8 Å². The molecule has 204 valence electrons. The van der Waals surface area contributed by atoms with Gasteiger partial charge < -0.3 is 5.32 Å². The molecule has 0 unspecified atom stereocenters. The molecule has 0 aliphatic carbocycles. The van der Waals surface area contributed by atoms with Gasteiger partial charge in [0.2, 0.25) is 0 Å². The highest BCUT2D eigenvalue weighted by Crippen LogP contribution is 2.48. The van der Waals surface area contributed by atoms with E-state index in [1.54, 1.807) is 30.3 Å². The van der Waals surface area contributed by atoms with Crippen molar-refractivity contribution < 1.29 is 49.5 Å². The molecule has 0 aliphatic rings. The predicted molar refractivity (Wildman–Crippen MR) is 116 cm³/mol. The van der Waals surface area contributed by atoms with Crippen LogP contribution in [0.5, 0.6) is 0 Å². The molecule has 0 spiro atoms. The number of hydrogen-bond acceptors (Lipinski definition) is 4. The Kier molecular flexibility index (Phi) is 8.02. The van der Waals surface area contributed by atoms with Gasteiger partial charge >= 0.3 is 18.3 Å². The van der Waals surface area contributed by atoms with Crippen molar-refractivity contribution in [3.63, 3.8) is 0 Å². The summed E-state index contributed by atoms with van der Waals surface area (Å²) in [6.07, 6.45) is -12.2. The zero-order valence-electron chi connectivity index (χ0n) is 18.8. The maximum Gasteiger partial charge on any atom is 0.459 e. The maximum atomic E-state index is 13.8. The molecule has 0 atom stereocenters. The Morgan fingerprint density at radius 3 is 2.18 bits per heavy atom. The van der Waals surface area contributed by atoms with E-state index in [0.717, 1.165) is 18.2 Å². The summed E-state index contributed by atoms with van der Waals surface area (Å²) in [6.45, 7) is -0.0355. The van der Waals surface area contributed by atoms with Gasteiger partial charge in [-0.2, -0.15) is 40.2 Å². The summed E-state index contributed by atoms with van der Waals surface area (Å²) in [7, 11) is 0.588. The third-order valence-electron chi connectivity index (χ3n) is 4.91. The Balaban J connectivity index is 1.87. The van der Waals surface area contributed by atoms with E-state index in [1.807, 2.05) is 5.32 Å². The zero-order valence-corrected chi connectivity index (χ0v) is 19.6. The Hall–Kier alpha value is -3.72. The van der Waals surface area contributed by atoms with Crippen molar-refractivity contribution in [1.29, 1.82) is 0 Å². The molecule has 0 saturated carbocycles. The van der Waals surface area contributed by atoms with Crippen LogP contribution in [0.15, 0.2) is 48.5 Å². The first-order valence-corrected chi connectivity index (χ1v) is 10.6. The largest absolute Gasteiger partial charge is 0.459 e. The van der Waals surface area contributed by atoms with Crippen molar-refractivity contribution in [2.24, 2.45) is 7.05 Å². The molecule has 0 bridgehead atoms. The summed E-state index contributed by atoms with van der Waals surface area (Å²) in [5, 5.41) is 4.41. The van der Waals surface area contributed by atoms with E-state index in [0.29, 0.717) is 12.6 Å². The van der Waals surface area contributed by atoms with Gasteiger partial charge in [0.15, 0.2) is 5.69 Å². The monoisotopic (exact) mass is 570 g/mol. The lowest BCUT2D eigenvalue weighted by Crippen LogP contribution is -2.36. The topological polar surface area (TPSA) is 85.2 Å². The molecule has 0 fully saturated rings. The van der Waals surface area contributed by atoms with Crippen LogP contribution >= 0.6 is 11.6 Å². The van der Waals surface area contributed by atoms with Gasteiger partial charge in [-0.05, 0) is 23.8 Å². The van der Waals surface area contributed by atoms with Crippen LogP contribution < -0.4 is 10.8 Å². The van der Waals surface area contributed by atoms with Crippen LogP contribution in [0, 0.1) is 0 Å². The Morgan fingerprint density at radius 1 is 0.974 bits per heavy atom. The molecule has 38 heavy (non-hydrogen) atoms. The normalized spacial score (nSPS) is 12.4. The lowest BCUT2D eigenvalue weighted by atomic mass is 10.1. The SMILES string of the molecule is Cn1nc(C(F)(F)C(F)(F)F)c(C(F)(F)F)c1C(=O)Nc1ccc(Cl)c(C(=O)NOCc2ccccc2)c1. The molecular formula is C22H15ClF8N4O3. The third kappa shape index (κ3) is 6.05. The zero-order chi connectivity index (χ0) is 28.5. The Bertz CT molecular complexity index is 1340. The Labute approximate surface area is 213 Å². The van der Waals surface area contributed by atoms with E-state index >= 15 is 0 Å². The van der Waals surface area contributed by atoms with Crippen molar-refractivity contribution in [1.82, 2.24) is 15.3 Å². The quantitative estimate of drug-likeness (QED) is 0.275. The third-order valence-corrected chi connectivity index (χ3v) is 5.24. The van der Waals surface area contributed by atoms with Crippen molar-refractivity contribution in [2.45, 2.75) is 24.9 Å². The highest BCUT2D eigenvalue weighted by Gasteiger charge is 2.64. The van der Waals surface area contributed by atoms with E-state index in [2.05, 4.69) is 10.6 Å². The van der Waals surface area contributed by atoms with Gasteiger partial charge in [-0.3, -0.25) is 19.1 Å². The van der Waals surface area contributed by atoms with Crippen LogP contribution in [0.4, 0.5) is 40.8 Å². The number of rotatable bonds is 7. The van der Waals surface area contributed by atoms with E-state index < -0.39 is 47.0 Å². The number of hydroxylamine groups is 1. The molecular weight excluding hydrogens is 556 g/mol. The average Bonchev–Trinajstić information content (AvgIpc) is 3.18. The molecule has 1 aromatic heterocycles. The molecule has 0 radical (unpaired) electrons. The second kappa shape index (κ2) is 10.6. The Morgan fingerprint density at radius 2 is 1.61 bits per heavy atom. The number of hydrogen-bond donors (Lipinski definition) is 2. The van der Waals surface area contributed by atoms with Crippen LogP contribution in [0.2, 0.25) is 5.02 Å². The first-order chi connectivity index (χ1) is 17.5. The lowest BCUT2D eigenvalue weighted by molar-refractivity contribution is -0.292. The minimum absolute atomic E-state index is 0.0355. The fourth-order valence-electron chi connectivity index (χ4n) is 3.19. The molecule has 3 rings (SSSR count). The van der Waals surface area contributed by atoms with Gasteiger partial charge in [-0.1, -0.05) is 41.9 Å². The molecule has 2 N–H and O–H groups in total. The van der Waals surface area contributed by atoms with Crippen molar-refractivity contribution in [3.8, 4) is 0 Å². The first-order valence-electron chi connectivity index (χ1n) is 10.2. The smallest absolute Gasteiger partial charge is 0.321 e. The number of amides is 2. The highest BCUT2D eigenvalue weighted by molar-refractivity contribution is 6.34. The van der Waals surface area contributed by atoms with E-state index in [9.17, 15) is 44.7 Å². The summed E-state index contributed by atoms with van der Waals surface area (Å²) in [5.74, 6) is -8.66. The molecule has 1 heterocycles. The van der Waals surface area contributed by atoms with Gasteiger partial charge in [-0.25, -0.2) is 5.48 Å². The maximum absolute atomic E-state index is 13.8. The minimum atomic E-state index is -6.42. The van der Waals surface area contributed by atoms with Crippen LogP contribution in [0.3, 0.4) is 0 Å². The highest BCUT2D eigenvalue weighted by atomic mass is 35.5. The van der Waals surface area contributed by atoms with Crippen molar-refractivity contribution in [3.05, 3.63) is 81.6 Å². The second-order valence-electron chi connectivity index (χ2n) is 7.62. The average molecular weight is 571 g/mol. The predicted octanol–water partition coefficient (Wildman–Crippen LogP) is 5.86. The number of aromatic nitrogens is 2. The fraction of sp³-hybridized carbons (Fsp3) is 0.227. The van der Waals surface area contributed by atoms with Crippen molar-refractivity contribution >= 4 is 29.1 Å². The van der Waals surface area contributed by atoms with Crippen LogP contribution in [0.1, 0.15) is 37.7 Å². The van der Waals surface area contributed by atoms with Gasteiger partial charge in [0.05, 0.1) is 17.2 Å². The van der Waals surface area contributed by atoms with E-state index in [4.69, 9.17) is 16.4 Å². The second-order valence-corrected chi connectivity index (χ2v) is 8.03. The number of aryl methyl sites for hydroxylation is 1. The van der Waals surface area contributed by atoms with E-state index in [-0.39, 0.29) is 27.6 Å². The molecule has 2 aromatic carbocycles. The molecule has 7 nitrogen and oxygen atoms in total. The molecule has 2 amide bonds. The lowest BCUT2D eigenvalue weighted by Gasteiger charge is -2.19. The summed E-state index contributed by atoms with van der Waals surface area (Å²) in [6, 6.07) is 11.7. The summed E-state index contributed by atoms with van der Waals surface area (Å²) >= 11 is 5.97. The molecule has 3 aromatic rings. The molecule has 0 saturated heterocycles. The number of carbonyl (C=O) groups excluding carboxylic acids is 2. The van der Waals surface area contributed by atoms with Crippen LogP contribution in [-0.4, -0.2) is 27.8 Å². The number of halogens is 9. The van der Waals surface area contributed by atoms with Crippen molar-refractivity contribution in [2.75, 3.05) is 5.32 Å². The number of nitrogens with one attached hydrogen (secondary N) is 2. The number of nitrogens with zero attached hydrogens (tertiary/aromatic N) is 2. The van der Waals surface area contributed by atoms with Gasteiger partial charge in [0.1, 0.15) is 11.3 Å². The summed E-state index contributed by atoms with van der Waals surface area (Å²) in [4.78, 5) is 30.1. The first kappa shape index (κ1) is 28.8. The summed E-state index contributed by atoms with van der Waals surface area (Å²) in [5.41, 5.74) is -4.73. The standard InChI is InChI=1S/C22H15ClF8N4O3/c1-35-16(15(21(26,27)28)17(33-35)20(24,25)22(29,30)31)19(37)32-12-7-8-14(23)13(9-12)18(36)34-38-10-11-5-3-2-4-6-11/h2-9H,10H2,1H3,(H,32,37)(H,34,36). The van der Waals surface area contributed by atoms with Crippen LogP contribution in [-0.2, 0) is 30.6 Å². The number of anilines is 1. The molecule has 0 aliphatic heterocycles. The number of carbonyl (C=O) groups is 2. The summed E-state index contributed by atoms with van der Waals surface area (Å²) < 4.78 is 107. The molecule has 16 heteroatoms. The minimum Gasteiger partial charge on any atom is -0.321 e. The number of alkyl halides is 8. The van der Waals surface area contributed by atoms with Gasteiger partial charge in [-0.15, -0.1) is 0 Å².